The van der Waals surface area contributed by atoms with Crippen molar-refractivity contribution in [3.8, 4) is 5.75 Å². The highest BCUT2D eigenvalue weighted by molar-refractivity contribution is 6.32. The number of allylic oxidation sites excluding steroid dienone is 2. The van der Waals surface area contributed by atoms with E-state index >= 15 is 0 Å². The van der Waals surface area contributed by atoms with Crippen molar-refractivity contribution in [2.45, 2.75) is 25.7 Å². The Balaban J connectivity index is 1.31. The molecule has 2 heterocycles. The first-order valence-electron chi connectivity index (χ1n) is 15.8. The number of amides is 4. The predicted octanol–water partition coefficient (Wildman–Crippen LogP) is 6.68. The molecule has 6 atom stereocenters. The summed E-state index contributed by atoms with van der Waals surface area (Å²) in [6.45, 7) is 1.69. The van der Waals surface area contributed by atoms with Gasteiger partial charge in [-0.25, -0.2) is 14.2 Å². The van der Waals surface area contributed by atoms with Crippen molar-refractivity contribution in [3.63, 3.8) is 0 Å². The summed E-state index contributed by atoms with van der Waals surface area (Å²) in [5.74, 6) is -7.28. The Morgan fingerprint density at radius 1 is 0.898 bits per heavy atom. The van der Waals surface area contributed by atoms with Crippen LogP contribution in [0.3, 0.4) is 0 Å². The number of hydrogen-bond donors (Lipinski definition) is 1. The summed E-state index contributed by atoms with van der Waals surface area (Å²) in [5, 5.41) is 24.2. The van der Waals surface area contributed by atoms with Gasteiger partial charge in [-0.3, -0.25) is 29.3 Å². The topological polar surface area (TPSA) is 138 Å². The second-order valence-corrected chi connectivity index (χ2v) is 13.7. The molecule has 2 aliphatic carbocycles. The molecule has 0 aromatic heterocycles. The summed E-state index contributed by atoms with van der Waals surface area (Å²) >= 11 is 6.09. The Morgan fingerprint density at radius 2 is 1.65 bits per heavy atom. The van der Waals surface area contributed by atoms with E-state index in [-0.39, 0.29) is 40.7 Å². The van der Waals surface area contributed by atoms with E-state index in [9.17, 15) is 38.8 Å². The van der Waals surface area contributed by atoms with Gasteiger partial charge in [-0.05, 0) is 66.8 Å². The SMILES string of the molecule is CC12C(=O)N(c3ccc(F)c(Cl)c3)C(=O)C1CC1C(=CCC3C(=O)N(c4cccc([N+](=O)[O-])c4)C(=O)C31)C2c1c(O)ccc2ccccc12. The van der Waals surface area contributed by atoms with Gasteiger partial charge in [0.2, 0.25) is 23.6 Å². The molecule has 49 heavy (non-hydrogen) atoms. The molecule has 8 rings (SSSR count). The zero-order valence-electron chi connectivity index (χ0n) is 25.9. The number of benzene rings is 4. The number of anilines is 2. The maximum absolute atomic E-state index is 14.7. The zero-order chi connectivity index (χ0) is 34.5. The molecule has 1 N–H and O–H groups in total. The van der Waals surface area contributed by atoms with Gasteiger partial charge in [0.25, 0.3) is 5.69 Å². The van der Waals surface area contributed by atoms with Crippen LogP contribution in [-0.4, -0.2) is 33.7 Å². The quantitative estimate of drug-likeness (QED) is 0.110. The molecule has 0 bridgehead atoms. The van der Waals surface area contributed by atoms with Crippen molar-refractivity contribution in [2.75, 3.05) is 9.80 Å². The maximum atomic E-state index is 14.7. The lowest BCUT2D eigenvalue weighted by Gasteiger charge is -2.49. The third-order valence-electron chi connectivity index (χ3n) is 11.0. The fourth-order valence-corrected chi connectivity index (χ4v) is 8.96. The number of nitrogens with zero attached hydrogens (tertiary/aromatic N) is 3. The molecule has 10 nitrogen and oxygen atoms in total. The van der Waals surface area contributed by atoms with Gasteiger partial charge in [-0.1, -0.05) is 59.6 Å². The van der Waals surface area contributed by atoms with Crippen molar-refractivity contribution < 1.29 is 33.6 Å². The second kappa shape index (κ2) is 10.8. The van der Waals surface area contributed by atoms with Crippen LogP contribution in [-0.2, 0) is 19.2 Å². The molecule has 2 saturated heterocycles. The van der Waals surface area contributed by atoms with Crippen LogP contribution in [0.25, 0.3) is 10.8 Å². The van der Waals surface area contributed by atoms with Gasteiger partial charge >= 0.3 is 0 Å². The number of fused-ring (bicyclic) bond motifs is 5. The molecule has 4 amide bonds. The van der Waals surface area contributed by atoms with Gasteiger partial charge in [0, 0.05) is 23.6 Å². The number of carbonyl (C=O) groups is 4. The van der Waals surface area contributed by atoms with Crippen LogP contribution >= 0.6 is 11.6 Å². The minimum Gasteiger partial charge on any atom is -0.508 e. The number of hydrogen-bond acceptors (Lipinski definition) is 7. The number of aromatic hydroxyl groups is 1. The number of imide groups is 2. The molecular weight excluding hydrogens is 653 g/mol. The zero-order valence-corrected chi connectivity index (χ0v) is 26.6. The van der Waals surface area contributed by atoms with Gasteiger partial charge in [0.15, 0.2) is 0 Å². The maximum Gasteiger partial charge on any atom is 0.271 e. The van der Waals surface area contributed by atoms with Gasteiger partial charge in [0.1, 0.15) is 11.6 Å². The van der Waals surface area contributed by atoms with Crippen molar-refractivity contribution in [1.29, 1.82) is 0 Å². The van der Waals surface area contributed by atoms with E-state index in [1.165, 1.54) is 36.4 Å². The number of phenols is 1. The fraction of sp³-hybridized carbons (Fsp3) is 0.243. The van der Waals surface area contributed by atoms with Gasteiger partial charge in [-0.15, -0.1) is 0 Å². The Bertz CT molecular complexity index is 2220. The van der Waals surface area contributed by atoms with Crippen LogP contribution in [0.5, 0.6) is 5.75 Å². The van der Waals surface area contributed by atoms with E-state index in [1.807, 2.05) is 24.3 Å². The second-order valence-electron chi connectivity index (χ2n) is 13.3. The fourth-order valence-electron chi connectivity index (χ4n) is 8.78. The highest BCUT2D eigenvalue weighted by Gasteiger charge is 2.68. The van der Waals surface area contributed by atoms with Gasteiger partial charge in [-0.2, -0.15) is 0 Å². The summed E-state index contributed by atoms with van der Waals surface area (Å²) < 4.78 is 14.2. The molecule has 4 aromatic rings. The average molecular weight is 680 g/mol. The first kappa shape index (κ1) is 30.9. The molecule has 1 saturated carbocycles. The normalized spacial score (nSPS) is 27.7. The lowest BCUT2D eigenvalue weighted by molar-refractivity contribution is -0.384. The third kappa shape index (κ3) is 4.24. The Kier molecular flexibility index (Phi) is 6.80. The van der Waals surface area contributed by atoms with Crippen LogP contribution in [0.1, 0.15) is 31.2 Å². The minimum atomic E-state index is -1.46. The number of nitro groups is 1. The summed E-state index contributed by atoms with van der Waals surface area (Å²) in [4.78, 5) is 70.3. The molecule has 12 heteroatoms. The van der Waals surface area contributed by atoms with Gasteiger partial charge < -0.3 is 5.11 Å². The summed E-state index contributed by atoms with van der Waals surface area (Å²) in [6, 6.07) is 19.6. The first-order chi connectivity index (χ1) is 23.4. The van der Waals surface area contributed by atoms with E-state index in [0.29, 0.717) is 16.5 Å². The highest BCUT2D eigenvalue weighted by atomic mass is 35.5. The van der Waals surface area contributed by atoms with E-state index in [0.717, 1.165) is 21.3 Å². The predicted molar refractivity (Wildman–Crippen MR) is 177 cm³/mol. The largest absolute Gasteiger partial charge is 0.508 e. The number of rotatable bonds is 4. The lowest BCUT2D eigenvalue weighted by atomic mass is 9.51. The highest BCUT2D eigenvalue weighted by Crippen LogP contribution is 2.65. The summed E-state index contributed by atoms with van der Waals surface area (Å²) in [5.41, 5.74) is -0.476. The molecule has 0 spiro atoms. The Morgan fingerprint density at radius 3 is 2.41 bits per heavy atom. The van der Waals surface area contributed by atoms with Crippen LogP contribution in [0.2, 0.25) is 5.02 Å². The van der Waals surface area contributed by atoms with Gasteiger partial charge in [0.05, 0.1) is 44.5 Å². The van der Waals surface area contributed by atoms with E-state index in [4.69, 9.17) is 11.6 Å². The average Bonchev–Trinajstić information content (AvgIpc) is 3.46. The molecule has 0 radical (unpaired) electrons. The van der Waals surface area contributed by atoms with E-state index < -0.39 is 69.4 Å². The number of phenolic OH excluding ortho intramolecular Hbond substituents is 1. The molecule has 6 unspecified atom stereocenters. The number of carbonyl (C=O) groups excluding carboxylic acids is 4. The molecule has 4 aliphatic rings. The molecule has 2 aliphatic heterocycles. The van der Waals surface area contributed by atoms with Crippen LogP contribution in [0.15, 0.2) is 90.5 Å². The standard InChI is InChI=1S/C37H27ClFN3O7/c1-37-26(34(45)41(36(37)47)20-10-13-28(39)27(38)16-20)17-25-23(32(37)31-22-8-3-2-5-18(22)9-14-29(31)43)11-12-24-30(25)35(46)40(33(24)44)19-6-4-7-21(15-19)42(48)49/h2-11,13-16,24-26,30,32,43H,12,17H2,1H3. The first-order valence-corrected chi connectivity index (χ1v) is 16.2. The summed E-state index contributed by atoms with van der Waals surface area (Å²) in [7, 11) is 0. The minimum absolute atomic E-state index is 0.0450. The number of non-ortho nitro benzene ring substituents is 1. The number of nitro benzene ring substituents is 1. The van der Waals surface area contributed by atoms with E-state index in [1.54, 1.807) is 25.1 Å². The Labute approximate surface area is 283 Å². The van der Waals surface area contributed by atoms with Crippen molar-refractivity contribution in [2.24, 2.45) is 29.1 Å². The smallest absolute Gasteiger partial charge is 0.271 e. The molecule has 3 fully saturated rings. The monoisotopic (exact) mass is 679 g/mol. The van der Waals surface area contributed by atoms with Crippen molar-refractivity contribution in [1.82, 2.24) is 0 Å². The Hall–Kier alpha value is -5.42. The lowest BCUT2D eigenvalue weighted by Crippen LogP contribution is -2.49. The summed E-state index contributed by atoms with van der Waals surface area (Å²) in [6.07, 6.45) is 2.05. The molecule has 4 aromatic carbocycles. The van der Waals surface area contributed by atoms with Crippen LogP contribution < -0.4 is 9.80 Å². The van der Waals surface area contributed by atoms with Crippen molar-refractivity contribution in [3.05, 3.63) is 117 Å². The molecule has 246 valence electrons. The van der Waals surface area contributed by atoms with Crippen molar-refractivity contribution >= 4 is 63.1 Å². The number of halogens is 2. The van der Waals surface area contributed by atoms with Crippen LogP contribution in [0.4, 0.5) is 21.5 Å². The molecular formula is C37H27ClFN3O7. The van der Waals surface area contributed by atoms with Crippen LogP contribution in [0, 0.1) is 45.0 Å². The third-order valence-corrected chi connectivity index (χ3v) is 11.3. The van der Waals surface area contributed by atoms with E-state index in [2.05, 4.69) is 0 Å².